The molecule has 2 aliphatic rings. The van der Waals surface area contributed by atoms with Gasteiger partial charge in [-0.3, -0.25) is 9.69 Å². The molecule has 0 radical (unpaired) electrons. The lowest BCUT2D eigenvalue weighted by Gasteiger charge is -2.22. The minimum Gasteiger partial charge on any atom is -0.480 e. The molecule has 1 unspecified atom stereocenters. The van der Waals surface area contributed by atoms with Crippen molar-refractivity contribution in [3.8, 4) is 39.8 Å². The number of aromatic nitrogens is 2. The Morgan fingerprint density at radius 3 is 2.29 bits per heavy atom. The number of benzene rings is 3. The van der Waals surface area contributed by atoms with Crippen LogP contribution in [0.5, 0.6) is 5.75 Å². The number of carbonyl (C=O) groups is 1. The van der Waals surface area contributed by atoms with E-state index in [1.165, 1.54) is 6.07 Å². The molecule has 0 spiro atoms. The molecule has 3 aromatic carbocycles. The standard InChI is InChI=1S/C35H33F2N3O5/c1-19-22(8-5-10-24(19)32-38-26-12-3-4-14-29(26)43-32)23-9-6-11-25(20(23)2)33-39-27-16-21(18-40-15-7-13-28(40)34(41)42)30(45-35(36)37)17-31(27)44-33/h5-6,8-11,16-17,28,35H,3-4,7,12-15,18H2,1-2H3,(H,41,42). The molecule has 0 bridgehead atoms. The van der Waals surface area contributed by atoms with E-state index in [-0.39, 0.29) is 12.3 Å². The summed E-state index contributed by atoms with van der Waals surface area (Å²) in [6.45, 7) is 1.73. The number of aryl methyl sites for hydroxylation is 2. The van der Waals surface area contributed by atoms with Crippen molar-refractivity contribution in [3.63, 3.8) is 0 Å². The summed E-state index contributed by atoms with van der Waals surface area (Å²) in [5.41, 5.74) is 8.02. The smallest absolute Gasteiger partial charge is 0.387 e. The van der Waals surface area contributed by atoms with Gasteiger partial charge in [-0.25, -0.2) is 9.97 Å². The summed E-state index contributed by atoms with van der Waals surface area (Å²) in [5.74, 6) is 1.01. The molecule has 1 fully saturated rings. The zero-order valence-electron chi connectivity index (χ0n) is 25.1. The van der Waals surface area contributed by atoms with Gasteiger partial charge < -0.3 is 18.7 Å². The first-order valence-corrected chi connectivity index (χ1v) is 15.3. The van der Waals surface area contributed by atoms with E-state index in [9.17, 15) is 18.7 Å². The van der Waals surface area contributed by atoms with Gasteiger partial charge in [0.1, 0.15) is 23.1 Å². The molecule has 1 atom stereocenters. The summed E-state index contributed by atoms with van der Waals surface area (Å²) >= 11 is 0. The highest BCUT2D eigenvalue weighted by atomic mass is 19.3. The molecule has 1 aliphatic carbocycles. The summed E-state index contributed by atoms with van der Waals surface area (Å²) < 4.78 is 44.0. The summed E-state index contributed by atoms with van der Waals surface area (Å²) in [5, 5.41) is 9.61. The molecular formula is C35H33F2N3O5. The SMILES string of the molecule is Cc1c(-c2nc3c(o2)CCCC3)cccc1-c1cccc(-c2nc3cc(CN4CCCC4C(=O)O)c(OC(F)F)cc3o2)c1C. The Balaban J connectivity index is 1.25. The van der Waals surface area contributed by atoms with Gasteiger partial charge in [-0.1, -0.05) is 24.3 Å². The fourth-order valence-corrected chi connectivity index (χ4v) is 6.74. The van der Waals surface area contributed by atoms with Crippen LogP contribution in [-0.4, -0.2) is 45.1 Å². The molecule has 8 nitrogen and oxygen atoms in total. The first kappa shape index (κ1) is 29.2. The lowest BCUT2D eigenvalue weighted by atomic mass is 9.91. The second kappa shape index (κ2) is 11.7. The van der Waals surface area contributed by atoms with E-state index in [1.54, 1.807) is 11.0 Å². The number of hydrogen-bond donors (Lipinski definition) is 1. The average molecular weight is 614 g/mol. The van der Waals surface area contributed by atoms with Gasteiger partial charge in [-0.2, -0.15) is 8.78 Å². The lowest BCUT2D eigenvalue weighted by molar-refractivity contribution is -0.142. The number of oxazole rings is 2. The van der Waals surface area contributed by atoms with E-state index in [2.05, 4.69) is 19.1 Å². The monoisotopic (exact) mass is 613 g/mol. The third-order valence-corrected chi connectivity index (χ3v) is 9.07. The quantitative estimate of drug-likeness (QED) is 0.188. The molecule has 0 saturated carbocycles. The number of carboxylic acids is 1. The summed E-state index contributed by atoms with van der Waals surface area (Å²) in [7, 11) is 0. The van der Waals surface area contributed by atoms with Crippen LogP contribution in [0, 0.1) is 13.8 Å². The molecule has 7 rings (SSSR count). The van der Waals surface area contributed by atoms with Crippen molar-refractivity contribution in [1.29, 1.82) is 0 Å². The fourth-order valence-electron chi connectivity index (χ4n) is 6.74. The molecule has 0 amide bonds. The molecule has 10 heteroatoms. The van der Waals surface area contributed by atoms with Crippen LogP contribution in [0.3, 0.4) is 0 Å². The maximum Gasteiger partial charge on any atom is 0.387 e. The van der Waals surface area contributed by atoms with Gasteiger partial charge in [-0.05, 0) is 92.9 Å². The number of rotatable bonds is 8. The number of fused-ring (bicyclic) bond motifs is 2. The highest BCUT2D eigenvalue weighted by molar-refractivity contribution is 5.84. The number of halogens is 2. The molecule has 1 N–H and O–H groups in total. The van der Waals surface area contributed by atoms with E-state index in [0.717, 1.165) is 76.9 Å². The van der Waals surface area contributed by atoms with Crippen molar-refractivity contribution in [2.24, 2.45) is 0 Å². The normalized spacial score (nSPS) is 16.9. The van der Waals surface area contributed by atoms with Gasteiger partial charge >= 0.3 is 12.6 Å². The summed E-state index contributed by atoms with van der Waals surface area (Å²) in [4.78, 5) is 23.1. The Labute approximate surface area is 258 Å². The van der Waals surface area contributed by atoms with Crippen LogP contribution >= 0.6 is 0 Å². The fraction of sp³-hybridized carbons (Fsp3) is 0.343. The minimum atomic E-state index is -3.04. The Kier molecular flexibility index (Phi) is 7.61. The van der Waals surface area contributed by atoms with E-state index in [0.29, 0.717) is 41.4 Å². The predicted molar refractivity (Wildman–Crippen MR) is 164 cm³/mol. The van der Waals surface area contributed by atoms with Crippen molar-refractivity contribution >= 4 is 17.1 Å². The first-order valence-electron chi connectivity index (χ1n) is 15.3. The van der Waals surface area contributed by atoms with Gasteiger partial charge in [0.25, 0.3) is 0 Å². The predicted octanol–water partition coefficient (Wildman–Crippen LogP) is 7.96. The van der Waals surface area contributed by atoms with Crippen LogP contribution in [0.25, 0.3) is 45.1 Å². The lowest BCUT2D eigenvalue weighted by Crippen LogP contribution is -2.35. The van der Waals surface area contributed by atoms with E-state index in [4.69, 9.17) is 23.5 Å². The summed E-state index contributed by atoms with van der Waals surface area (Å²) in [6.07, 6.45) is 5.34. The zero-order valence-corrected chi connectivity index (χ0v) is 25.1. The van der Waals surface area contributed by atoms with Gasteiger partial charge in [0.2, 0.25) is 11.8 Å². The Hall–Kier alpha value is -4.57. The van der Waals surface area contributed by atoms with Crippen LogP contribution in [0.15, 0.2) is 57.4 Å². The number of alkyl halides is 2. The number of likely N-dealkylation sites (tertiary alicyclic amines) is 1. The van der Waals surface area contributed by atoms with Crippen LogP contribution in [0.2, 0.25) is 0 Å². The van der Waals surface area contributed by atoms with Crippen molar-refractivity contribution in [2.45, 2.75) is 71.6 Å². The topological polar surface area (TPSA) is 102 Å². The van der Waals surface area contributed by atoms with Gasteiger partial charge in [0.15, 0.2) is 5.58 Å². The highest BCUT2D eigenvalue weighted by Crippen LogP contribution is 2.39. The van der Waals surface area contributed by atoms with Crippen molar-refractivity contribution in [3.05, 3.63) is 76.7 Å². The molecule has 5 aromatic rings. The number of carboxylic acid groups (broad SMARTS) is 1. The highest BCUT2D eigenvalue weighted by Gasteiger charge is 2.31. The van der Waals surface area contributed by atoms with Crippen molar-refractivity contribution < 1.29 is 32.3 Å². The number of ether oxygens (including phenoxy) is 1. The van der Waals surface area contributed by atoms with Crippen LogP contribution in [0.4, 0.5) is 8.78 Å². The third kappa shape index (κ3) is 5.48. The Morgan fingerprint density at radius 1 is 0.956 bits per heavy atom. The van der Waals surface area contributed by atoms with E-state index >= 15 is 0 Å². The maximum absolute atomic E-state index is 13.4. The number of hydrogen-bond acceptors (Lipinski definition) is 7. The number of nitrogens with zero attached hydrogens (tertiary/aromatic N) is 3. The zero-order chi connectivity index (χ0) is 31.2. The molecule has 2 aromatic heterocycles. The first-order chi connectivity index (χ1) is 21.8. The second-order valence-electron chi connectivity index (χ2n) is 11.8. The van der Waals surface area contributed by atoms with Gasteiger partial charge in [0, 0.05) is 35.7 Å². The Morgan fingerprint density at radius 2 is 1.62 bits per heavy atom. The van der Waals surface area contributed by atoms with Gasteiger partial charge in [-0.15, -0.1) is 0 Å². The van der Waals surface area contributed by atoms with Crippen LogP contribution in [0.1, 0.15) is 53.8 Å². The molecular weight excluding hydrogens is 580 g/mol. The minimum absolute atomic E-state index is 0.0534. The molecule has 232 valence electrons. The van der Waals surface area contributed by atoms with Crippen LogP contribution < -0.4 is 4.74 Å². The number of aliphatic carboxylic acids is 1. The molecule has 1 aliphatic heterocycles. The summed E-state index contributed by atoms with van der Waals surface area (Å²) in [6, 6.07) is 14.4. The van der Waals surface area contributed by atoms with E-state index in [1.807, 2.05) is 31.2 Å². The van der Waals surface area contributed by atoms with E-state index < -0.39 is 18.6 Å². The average Bonchev–Trinajstić information content (AvgIpc) is 3.76. The molecule has 3 heterocycles. The Bertz CT molecular complexity index is 1890. The van der Waals surface area contributed by atoms with Crippen molar-refractivity contribution in [2.75, 3.05) is 6.54 Å². The van der Waals surface area contributed by atoms with Crippen LogP contribution in [-0.2, 0) is 24.2 Å². The second-order valence-corrected chi connectivity index (χ2v) is 11.8. The van der Waals surface area contributed by atoms with Gasteiger partial charge in [0.05, 0.1) is 5.69 Å². The third-order valence-electron chi connectivity index (χ3n) is 9.07. The maximum atomic E-state index is 13.4. The molecule has 1 saturated heterocycles. The molecule has 45 heavy (non-hydrogen) atoms. The van der Waals surface area contributed by atoms with Crippen molar-refractivity contribution in [1.82, 2.24) is 14.9 Å². The largest absolute Gasteiger partial charge is 0.480 e.